The highest BCUT2D eigenvalue weighted by atomic mass is 16.5. The van der Waals surface area contributed by atoms with Crippen molar-refractivity contribution in [3.05, 3.63) is 66.2 Å². The molecule has 0 saturated carbocycles. The number of aliphatic hydroxyl groups is 1. The van der Waals surface area contributed by atoms with Gasteiger partial charge in [-0.3, -0.25) is 9.59 Å². The molecule has 1 amide bonds. The summed E-state index contributed by atoms with van der Waals surface area (Å²) in [6.07, 6.45) is 0.947. The lowest BCUT2D eigenvalue weighted by Gasteiger charge is -2.16. The van der Waals surface area contributed by atoms with Crippen LogP contribution in [0.2, 0.25) is 0 Å². The van der Waals surface area contributed by atoms with E-state index in [4.69, 9.17) is 25.7 Å². The van der Waals surface area contributed by atoms with Gasteiger partial charge in [0.1, 0.15) is 37.7 Å². The number of hydrogen-bond donors (Lipinski definition) is 5. The Kier molecular flexibility index (Phi) is 10.8. The Hall–Kier alpha value is -3.60. The van der Waals surface area contributed by atoms with Crippen LogP contribution in [-0.4, -0.2) is 67.1 Å². The van der Waals surface area contributed by atoms with E-state index in [0.29, 0.717) is 30.2 Å². The first kappa shape index (κ1) is 26.7. The molecule has 0 radical (unpaired) electrons. The number of hydrogen-bond acceptors (Lipinski definition) is 9. The minimum Gasteiger partial charge on any atom is -0.507 e. The second-order valence-electron chi connectivity index (χ2n) is 7.41. The second-order valence-corrected chi connectivity index (χ2v) is 7.41. The molecule has 0 aliphatic rings. The average molecular weight is 474 g/mol. The number of phenols is 1. The molecule has 34 heavy (non-hydrogen) atoms. The lowest BCUT2D eigenvalue weighted by atomic mass is 10.0. The maximum Gasteiger partial charge on any atom is 0.323 e. The fraction of sp³-hybridized carbons (Fsp3) is 0.333. The van der Waals surface area contributed by atoms with Gasteiger partial charge in [-0.15, -0.1) is 0 Å². The van der Waals surface area contributed by atoms with Gasteiger partial charge in [-0.2, -0.15) is 0 Å². The molecule has 2 aromatic rings. The van der Waals surface area contributed by atoms with Crippen LogP contribution in [0.3, 0.4) is 0 Å². The first-order valence-electron chi connectivity index (χ1n) is 10.7. The van der Waals surface area contributed by atoms with E-state index in [1.54, 1.807) is 30.3 Å². The SMILES string of the molecule is C=CCOc1ccccc1OCC(O)CNCCOC(=O)[C@@H](N)Cc1ccc(O)c(C(N)=O)c1. The van der Waals surface area contributed by atoms with Crippen molar-refractivity contribution in [2.24, 2.45) is 11.5 Å². The minimum absolute atomic E-state index is 0.0439. The smallest absolute Gasteiger partial charge is 0.323 e. The van der Waals surface area contributed by atoms with E-state index in [1.807, 2.05) is 6.07 Å². The van der Waals surface area contributed by atoms with Gasteiger partial charge in [0.25, 0.3) is 5.91 Å². The molecule has 0 aliphatic heterocycles. The summed E-state index contributed by atoms with van der Waals surface area (Å²) in [5.74, 6) is -0.557. The Balaban J connectivity index is 1.66. The molecule has 184 valence electrons. The van der Waals surface area contributed by atoms with Crippen molar-refractivity contribution < 1.29 is 34.0 Å². The summed E-state index contributed by atoms with van der Waals surface area (Å²) >= 11 is 0. The Morgan fingerprint density at radius 3 is 2.53 bits per heavy atom. The Morgan fingerprint density at radius 1 is 1.15 bits per heavy atom. The fourth-order valence-corrected chi connectivity index (χ4v) is 2.93. The topological polar surface area (TPSA) is 166 Å². The van der Waals surface area contributed by atoms with Crippen LogP contribution in [0.5, 0.6) is 17.2 Å². The summed E-state index contributed by atoms with van der Waals surface area (Å²) < 4.78 is 16.3. The molecule has 0 spiro atoms. The number of primary amides is 1. The van der Waals surface area contributed by atoms with Gasteiger partial charge >= 0.3 is 5.97 Å². The average Bonchev–Trinajstić information content (AvgIpc) is 2.82. The number of rotatable bonds is 15. The number of benzene rings is 2. The number of carbonyl (C=O) groups excluding carboxylic acids is 2. The van der Waals surface area contributed by atoms with Gasteiger partial charge in [-0.25, -0.2) is 0 Å². The van der Waals surface area contributed by atoms with Crippen LogP contribution in [0.25, 0.3) is 0 Å². The van der Waals surface area contributed by atoms with Crippen LogP contribution >= 0.6 is 0 Å². The van der Waals surface area contributed by atoms with Gasteiger partial charge in [0, 0.05) is 13.1 Å². The predicted molar refractivity (Wildman–Crippen MR) is 126 cm³/mol. The molecule has 1 unspecified atom stereocenters. The number of nitrogens with one attached hydrogen (secondary N) is 1. The van der Waals surface area contributed by atoms with Gasteiger partial charge in [0.2, 0.25) is 0 Å². The van der Waals surface area contributed by atoms with Gasteiger partial charge < -0.3 is 41.2 Å². The van der Waals surface area contributed by atoms with Gasteiger partial charge in [-0.05, 0) is 36.2 Å². The highest BCUT2D eigenvalue weighted by Gasteiger charge is 2.17. The van der Waals surface area contributed by atoms with Gasteiger partial charge in [-0.1, -0.05) is 30.9 Å². The van der Waals surface area contributed by atoms with Crippen molar-refractivity contribution in [1.82, 2.24) is 5.32 Å². The molecule has 0 heterocycles. The third kappa shape index (κ3) is 8.74. The highest BCUT2D eigenvalue weighted by molar-refractivity contribution is 5.95. The summed E-state index contributed by atoms with van der Waals surface area (Å²) in [6.45, 7) is 4.58. The van der Waals surface area contributed by atoms with E-state index in [0.717, 1.165) is 0 Å². The van der Waals surface area contributed by atoms with Crippen molar-refractivity contribution in [3.8, 4) is 17.2 Å². The standard InChI is InChI=1S/C24H31N3O7/c1-2-10-32-21-5-3-4-6-22(21)34-15-17(28)14-27-9-11-33-24(31)19(25)13-16-7-8-20(29)18(12-16)23(26)30/h2-8,12,17,19,27-29H,1,9-11,13-15,25H2,(H2,26,30)/t17?,19-/m0/s1. The van der Waals surface area contributed by atoms with Crippen molar-refractivity contribution in [2.45, 2.75) is 18.6 Å². The zero-order valence-corrected chi connectivity index (χ0v) is 18.8. The molecule has 10 nitrogen and oxygen atoms in total. The lowest BCUT2D eigenvalue weighted by molar-refractivity contribution is -0.145. The zero-order chi connectivity index (χ0) is 24.9. The minimum atomic E-state index is -0.951. The van der Waals surface area contributed by atoms with E-state index in [9.17, 15) is 19.8 Å². The molecule has 0 saturated heterocycles. The Labute approximate surface area is 198 Å². The van der Waals surface area contributed by atoms with Crippen LogP contribution in [0.15, 0.2) is 55.1 Å². The normalized spacial score (nSPS) is 12.4. The van der Waals surface area contributed by atoms with Crippen LogP contribution in [0, 0.1) is 0 Å². The monoisotopic (exact) mass is 473 g/mol. The molecule has 0 bridgehead atoms. The molecule has 2 atom stereocenters. The van der Waals surface area contributed by atoms with Gasteiger partial charge in [0.15, 0.2) is 11.5 Å². The summed E-state index contributed by atoms with van der Waals surface area (Å²) in [7, 11) is 0. The maximum absolute atomic E-state index is 12.1. The Morgan fingerprint density at radius 2 is 1.85 bits per heavy atom. The molecule has 2 rings (SSSR count). The van der Waals surface area contributed by atoms with E-state index < -0.39 is 24.0 Å². The maximum atomic E-state index is 12.1. The Bertz CT molecular complexity index is 967. The lowest BCUT2D eigenvalue weighted by Crippen LogP contribution is -2.37. The number of esters is 1. The number of aliphatic hydroxyl groups excluding tert-OH is 1. The third-order valence-corrected chi connectivity index (χ3v) is 4.62. The third-order valence-electron chi connectivity index (χ3n) is 4.62. The predicted octanol–water partition coefficient (Wildman–Crippen LogP) is 0.498. The molecule has 10 heteroatoms. The quantitative estimate of drug-likeness (QED) is 0.141. The van der Waals surface area contributed by atoms with Crippen molar-refractivity contribution >= 4 is 11.9 Å². The number of ether oxygens (including phenoxy) is 3. The van der Waals surface area contributed by atoms with E-state index in [-0.39, 0.29) is 37.5 Å². The highest BCUT2D eigenvalue weighted by Crippen LogP contribution is 2.26. The molecule has 7 N–H and O–H groups in total. The number of aromatic hydroxyl groups is 1. The zero-order valence-electron chi connectivity index (χ0n) is 18.8. The fourth-order valence-electron chi connectivity index (χ4n) is 2.93. The second kappa shape index (κ2) is 13.8. The molecule has 0 aliphatic carbocycles. The van der Waals surface area contributed by atoms with Crippen molar-refractivity contribution in [1.29, 1.82) is 0 Å². The van der Waals surface area contributed by atoms with E-state index in [2.05, 4.69) is 11.9 Å². The largest absolute Gasteiger partial charge is 0.507 e. The van der Waals surface area contributed by atoms with Crippen LogP contribution < -0.4 is 26.3 Å². The first-order chi connectivity index (χ1) is 16.3. The van der Waals surface area contributed by atoms with Gasteiger partial charge in [0.05, 0.1) is 5.56 Å². The molecular weight excluding hydrogens is 442 g/mol. The van der Waals surface area contributed by atoms with Crippen molar-refractivity contribution in [3.63, 3.8) is 0 Å². The van der Waals surface area contributed by atoms with Crippen molar-refractivity contribution in [2.75, 3.05) is 32.9 Å². The summed E-state index contributed by atoms with van der Waals surface area (Å²) in [6, 6.07) is 10.4. The van der Waals surface area contributed by atoms with E-state index >= 15 is 0 Å². The van der Waals surface area contributed by atoms with Crippen LogP contribution in [0.1, 0.15) is 15.9 Å². The first-order valence-corrected chi connectivity index (χ1v) is 10.7. The van der Waals surface area contributed by atoms with Crippen LogP contribution in [0.4, 0.5) is 0 Å². The molecule has 0 aromatic heterocycles. The molecular formula is C24H31N3O7. The number of nitrogens with two attached hydrogens (primary N) is 2. The number of amides is 1. The number of carbonyl (C=O) groups is 2. The summed E-state index contributed by atoms with van der Waals surface area (Å²) in [4.78, 5) is 23.4. The van der Waals surface area contributed by atoms with E-state index in [1.165, 1.54) is 12.1 Å². The number of para-hydroxylation sites is 2. The van der Waals surface area contributed by atoms with Crippen LogP contribution in [-0.2, 0) is 16.0 Å². The summed E-state index contributed by atoms with van der Waals surface area (Å²) in [5, 5.41) is 22.7. The molecule has 0 fully saturated rings. The summed E-state index contributed by atoms with van der Waals surface area (Å²) in [5.41, 5.74) is 11.6. The molecule has 2 aromatic carbocycles.